The van der Waals surface area contributed by atoms with Crippen LogP contribution < -0.4 is 88.4 Å². The minimum absolute atomic E-state index is 0.000182. The molecule has 0 aliphatic rings. The quantitative estimate of drug-likeness (QED) is 0.0243. The lowest BCUT2D eigenvalue weighted by molar-refractivity contribution is -0.119. The molecular weight excluding hydrogens is 1900 g/mol. The second-order valence-corrected chi connectivity index (χ2v) is 40.0. The number of hydrogen-bond donors (Lipinski definition) is 20. The number of nitrogens with two attached hydrogens (primary N) is 8. The average molecular weight is 1990 g/mol. The molecule has 722 valence electrons. The molecule has 50 nitrogen and oxygen atoms in total. The number of benzene rings is 8. The molecule has 136 heavy (non-hydrogen) atoms. The summed E-state index contributed by atoms with van der Waals surface area (Å²) in [6, 6.07) is 36.1. The first kappa shape index (κ1) is 103. The molecule has 2 heterocycles. The zero-order valence-corrected chi connectivity index (χ0v) is 76.3. The van der Waals surface area contributed by atoms with Gasteiger partial charge in [-0.2, -0.15) is 64.0 Å². The molecule has 8 aromatic carbocycles. The highest BCUT2D eigenvalue weighted by molar-refractivity contribution is 7.90. The van der Waals surface area contributed by atoms with Crippen molar-refractivity contribution in [3.8, 4) is 11.1 Å². The first-order valence-electron chi connectivity index (χ1n) is 40.1. The number of sulfonamides is 4. The Morgan fingerprint density at radius 1 is 0.257 bits per heavy atom. The van der Waals surface area contributed by atoms with Crippen molar-refractivity contribution in [2.75, 3.05) is 94.9 Å². The molecule has 0 aliphatic carbocycles. The van der Waals surface area contributed by atoms with Gasteiger partial charge in [-0.15, -0.1) is 0 Å². The number of aromatic nitrogens is 6. The van der Waals surface area contributed by atoms with Gasteiger partial charge in [-0.3, -0.25) is 47.5 Å². The summed E-state index contributed by atoms with van der Waals surface area (Å²) in [5, 5.41) is 44.7. The van der Waals surface area contributed by atoms with E-state index in [9.17, 15) is 108 Å². The lowest BCUT2D eigenvalue weighted by Gasteiger charge is -2.21. The fourth-order valence-corrected chi connectivity index (χ4v) is 20.3. The predicted octanol–water partition coefficient (Wildman–Crippen LogP) is 2.12. The van der Waals surface area contributed by atoms with Crippen LogP contribution in [0.1, 0.15) is 62.5 Å². The summed E-state index contributed by atoms with van der Waals surface area (Å²) in [4.78, 5) is 118. The van der Waals surface area contributed by atoms with E-state index in [-0.39, 0.29) is 111 Å². The number of nitrogens with zero attached hydrogens (tertiary/aromatic N) is 10. The van der Waals surface area contributed by atoms with Crippen molar-refractivity contribution < 1.29 is 108 Å². The summed E-state index contributed by atoms with van der Waals surface area (Å²) in [5.74, 6) is -9.02. The van der Waals surface area contributed by atoms with Crippen molar-refractivity contribution in [3.05, 3.63) is 181 Å². The number of aliphatic hydroxyl groups is 2. The van der Waals surface area contributed by atoms with Gasteiger partial charge in [-0.25, -0.2) is 33.7 Å². The number of carbonyl (C=O) groups is 8. The van der Waals surface area contributed by atoms with Crippen LogP contribution in [-0.2, 0) is 112 Å². The lowest BCUT2D eigenvalue weighted by atomic mass is 9.94. The van der Waals surface area contributed by atoms with Crippen LogP contribution in [0.4, 0.5) is 92.6 Å². The van der Waals surface area contributed by atoms with Crippen molar-refractivity contribution in [1.82, 2.24) is 47.1 Å². The summed E-state index contributed by atoms with van der Waals surface area (Å²) in [5.41, 5.74) is 43.1. The van der Waals surface area contributed by atoms with E-state index in [2.05, 4.69) is 72.4 Å². The van der Waals surface area contributed by atoms with Crippen molar-refractivity contribution in [3.63, 3.8) is 0 Å². The van der Waals surface area contributed by atoms with Gasteiger partial charge in [-0.1, -0.05) is 36.4 Å². The fourth-order valence-electron chi connectivity index (χ4n) is 13.0. The second-order valence-electron chi connectivity index (χ2n) is 29.5. The molecule has 0 saturated heterocycles. The van der Waals surface area contributed by atoms with Gasteiger partial charge in [-0.05, 0) is 156 Å². The highest BCUT2D eigenvalue weighted by Gasteiger charge is 2.32. The molecule has 56 heteroatoms. The molecule has 0 saturated carbocycles. The van der Waals surface area contributed by atoms with Crippen molar-refractivity contribution >= 4 is 200 Å². The van der Waals surface area contributed by atoms with Crippen molar-refractivity contribution in [1.29, 1.82) is 0 Å². The first-order chi connectivity index (χ1) is 64.0. The second kappa shape index (κ2) is 44.9. The molecule has 0 spiro atoms. The highest BCUT2D eigenvalue weighted by Crippen LogP contribution is 2.38. The Labute approximate surface area is 777 Å². The van der Waals surface area contributed by atoms with Gasteiger partial charge < -0.3 is 98.6 Å². The summed E-state index contributed by atoms with van der Waals surface area (Å²) in [6.07, 6.45) is -3.40. The Bertz CT molecular complexity index is 6250. The third kappa shape index (κ3) is 28.7. The van der Waals surface area contributed by atoms with Crippen LogP contribution in [0.5, 0.6) is 0 Å². The lowest BCUT2D eigenvalue weighted by Crippen LogP contribution is -2.36. The normalized spacial score (nSPS) is 12.0. The summed E-state index contributed by atoms with van der Waals surface area (Å²) in [6.45, 7) is -4.80. The smallest absolute Gasteiger partial charge is 0.296 e. The fraction of sp³-hybridized carbons (Fsp3) is 0.225. The van der Waals surface area contributed by atoms with Gasteiger partial charge in [0, 0.05) is 149 Å². The van der Waals surface area contributed by atoms with Gasteiger partial charge in [0.05, 0.1) is 44.2 Å². The van der Waals surface area contributed by atoms with Crippen LogP contribution in [0.2, 0.25) is 0 Å². The number of primary amides is 8. The van der Waals surface area contributed by atoms with E-state index < -0.39 is 246 Å². The van der Waals surface area contributed by atoms with E-state index in [0.29, 0.717) is 11.1 Å². The van der Waals surface area contributed by atoms with E-state index in [1.54, 1.807) is 0 Å². The topological polar surface area (TPSA) is 817 Å². The maximum Gasteiger partial charge on any atom is 0.296 e. The predicted molar refractivity (Wildman–Crippen MR) is 493 cm³/mol. The molecule has 0 fully saturated rings. The zero-order valence-electron chi connectivity index (χ0n) is 71.4. The van der Waals surface area contributed by atoms with Crippen LogP contribution in [0, 0.1) is 0 Å². The maximum absolute atomic E-state index is 14.1. The Balaban J connectivity index is 0.928. The first-order valence-corrected chi connectivity index (χ1v) is 48.8. The van der Waals surface area contributed by atoms with Crippen LogP contribution in [0.25, 0.3) is 11.1 Å². The Morgan fingerprint density at radius 3 is 0.640 bits per heavy atom. The van der Waals surface area contributed by atoms with E-state index in [1.807, 2.05) is 0 Å². The minimum Gasteiger partial charge on any atom is -0.392 e. The highest BCUT2D eigenvalue weighted by atomic mass is 32.2. The summed E-state index contributed by atoms with van der Waals surface area (Å²) in [7, 11) is -28.4. The van der Waals surface area contributed by atoms with E-state index >= 15 is 0 Å². The molecular formula is C80H92N26O24S6. The summed E-state index contributed by atoms with van der Waals surface area (Å²) >= 11 is 0. The molecule has 2 aromatic heterocycles. The van der Waals surface area contributed by atoms with Gasteiger partial charge in [0.1, 0.15) is 9.79 Å². The van der Waals surface area contributed by atoms with E-state index in [4.69, 9.17) is 45.9 Å². The SMILES string of the molecule is NC(=O)CCN(CCC(N)=O)S(=O)(=O)c1cccc(Nc2nc(Nc3cccc(S(=O)(=O)N(CCC(N)=O)CCC(N)=O)c3)nc(Nc3ccc(Nc4ccc(-c5ccc(Nc6ccc(Nc7nc(Nc8cccc(S(=O)(=O)N(CCC(N)=O)CCC(N)=O)c8)nc(Nc8cccc(S(=O)(=O)N(CCC(N)=O)CCC(N)=O)c8)n7)cc6S(=O)(=O)O)cc5CO)c(CO)c4)c(S(=O)(=O)O)c3)n2)c1. The zero-order chi connectivity index (χ0) is 99.4. The van der Waals surface area contributed by atoms with E-state index in [1.165, 1.54) is 133 Å². The van der Waals surface area contributed by atoms with Crippen LogP contribution in [-0.4, -0.2) is 217 Å². The summed E-state index contributed by atoms with van der Waals surface area (Å²) < 4.78 is 191. The minimum atomic E-state index is -5.20. The van der Waals surface area contributed by atoms with Crippen LogP contribution in [0.15, 0.2) is 199 Å². The molecule has 0 radical (unpaired) electrons. The van der Waals surface area contributed by atoms with E-state index in [0.717, 1.165) is 53.6 Å². The molecule has 0 atom stereocenters. The third-order valence-corrected chi connectivity index (χ3v) is 28.8. The van der Waals surface area contributed by atoms with Gasteiger partial charge in [0.15, 0.2) is 0 Å². The third-order valence-electron chi connectivity index (χ3n) is 19.5. The Hall–Kier alpha value is -14.7. The van der Waals surface area contributed by atoms with Crippen LogP contribution in [0.3, 0.4) is 0 Å². The molecule has 8 amide bonds. The molecule has 0 bridgehead atoms. The number of aliphatic hydroxyl groups excluding tert-OH is 2. The number of amides is 8. The molecule has 0 unspecified atom stereocenters. The largest absolute Gasteiger partial charge is 0.392 e. The monoisotopic (exact) mass is 1990 g/mol. The average Bonchev–Trinajstić information content (AvgIpc) is 0.777. The maximum atomic E-state index is 14.1. The van der Waals surface area contributed by atoms with Gasteiger partial charge in [0.2, 0.25) is 123 Å². The number of rotatable bonds is 53. The number of carbonyl (C=O) groups excluding carboxylic acids is 8. The van der Waals surface area contributed by atoms with Gasteiger partial charge in [0.25, 0.3) is 20.2 Å². The van der Waals surface area contributed by atoms with Crippen molar-refractivity contribution in [2.24, 2.45) is 45.9 Å². The van der Waals surface area contributed by atoms with Crippen LogP contribution >= 0.6 is 0 Å². The number of anilines is 16. The molecule has 0 aliphatic heterocycles. The standard InChI is InChI=1S/C80H92N26O24S6/c81-67(109)21-29-103(30-22-68(82)110)131(117,118)57-9-1-5-49(39-57)91-75-97-76(92-50-6-2-10-58(40-50)132(119,120)104(31-23-69(83)111)32-24-70(84)112)100-79(99-75)95-55-15-19-63(65(43-55)135(125,126)127)89-53-13-17-61(47(37-53)45-107)62-18-14-54(38-48(62)46-108)90-64-20-16-56(44-66(64)136(128,129)130)96-80-101-77(93-51-7-3-11-59(41-51)133(121,122)105(33-25-71(85)113)34-26-72(86)114)98-78(102-80)94-52-8-4-12-60(42-52)134(123,124)106(35-27-73(87)115)36-28-74(88)116/h1-20,37-44,89-90,107-108H,21-36,45-46H2,(H2,81,109)(H2,82,110)(H2,83,111)(H2,84,112)(H2,85,113)(H2,86,114)(H2,87,115)(H2,88,116)(H,125,126,127)(H,128,129,130)(H3,91,92,95,97,99,100)(H3,93,94,96,98,101,102). The Kier molecular flexibility index (Phi) is 34.1. The Morgan fingerprint density at radius 2 is 0.449 bits per heavy atom. The molecule has 10 aromatic rings. The number of hydrogen-bond acceptors (Lipinski definition) is 36. The molecule has 10 rings (SSSR count). The number of nitrogens with one attached hydrogen (secondary N) is 8. The van der Waals surface area contributed by atoms with Crippen molar-refractivity contribution in [2.45, 2.75) is 94.0 Å². The molecule has 28 N–H and O–H groups in total. The van der Waals surface area contributed by atoms with Gasteiger partial charge >= 0.3 is 0 Å².